The van der Waals surface area contributed by atoms with Gasteiger partial charge in [-0.1, -0.05) is 6.92 Å². The number of aromatic amines is 1. The number of amides is 1. The zero-order valence-corrected chi connectivity index (χ0v) is 11.4. The third kappa shape index (κ3) is 3.43. The second-order valence-corrected chi connectivity index (χ2v) is 5.45. The Labute approximate surface area is 109 Å². The molecule has 0 aromatic carbocycles. The standard InChI is InChI=1S/C12H16BrN3O/c1-8-2-4-10(5-3-8)15-16-12(17)11-6-9(13)7-14-11/h6-8,14H,2-5H2,1H3,(H,16,17). The van der Waals surface area contributed by atoms with Crippen LogP contribution in [0.2, 0.25) is 0 Å². The molecule has 4 nitrogen and oxygen atoms in total. The quantitative estimate of drug-likeness (QED) is 0.810. The Bertz CT molecular complexity index is 429. The maximum atomic E-state index is 11.7. The van der Waals surface area contributed by atoms with E-state index in [1.54, 1.807) is 12.3 Å². The van der Waals surface area contributed by atoms with Crippen LogP contribution in [-0.4, -0.2) is 16.6 Å². The zero-order valence-electron chi connectivity index (χ0n) is 9.79. The van der Waals surface area contributed by atoms with Crippen molar-refractivity contribution in [3.05, 3.63) is 22.4 Å². The van der Waals surface area contributed by atoms with E-state index in [4.69, 9.17) is 0 Å². The van der Waals surface area contributed by atoms with Gasteiger partial charge in [0.1, 0.15) is 5.69 Å². The molecule has 0 atom stereocenters. The monoisotopic (exact) mass is 297 g/mol. The van der Waals surface area contributed by atoms with E-state index in [0.29, 0.717) is 5.69 Å². The van der Waals surface area contributed by atoms with Gasteiger partial charge in [-0.25, -0.2) is 5.43 Å². The average molecular weight is 298 g/mol. The molecule has 1 aliphatic carbocycles. The van der Waals surface area contributed by atoms with Crippen LogP contribution in [0.4, 0.5) is 0 Å². The number of H-pyrrole nitrogens is 1. The van der Waals surface area contributed by atoms with Crippen molar-refractivity contribution >= 4 is 27.5 Å². The minimum absolute atomic E-state index is 0.193. The van der Waals surface area contributed by atoms with Crippen LogP contribution in [0.15, 0.2) is 21.8 Å². The van der Waals surface area contributed by atoms with Gasteiger partial charge in [0.15, 0.2) is 0 Å². The van der Waals surface area contributed by atoms with Crippen molar-refractivity contribution < 1.29 is 4.79 Å². The molecule has 0 bridgehead atoms. The third-order valence-electron chi connectivity index (χ3n) is 3.06. The highest BCUT2D eigenvalue weighted by atomic mass is 79.9. The number of rotatable bonds is 2. The second kappa shape index (κ2) is 5.49. The Morgan fingerprint density at radius 1 is 1.53 bits per heavy atom. The van der Waals surface area contributed by atoms with E-state index < -0.39 is 0 Å². The molecular weight excluding hydrogens is 282 g/mol. The molecule has 1 aromatic rings. The SMILES string of the molecule is CC1CCC(=NNC(=O)c2cc(Br)c[nH]2)CC1. The number of hydrogen-bond acceptors (Lipinski definition) is 2. The molecule has 1 aromatic heterocycles. The number of nitrogens with one attached hydrogen (secondary N) is 2. The van der Waals surface area contributed by atoms with E-state index in [2.05, 4.69) is 38.4 Å². The lowest BCUT2D eigenvalue weighted by molar-refractivity contribution is 0.0950. The van der Waals surface area contributed by atoms with Crippen LogP contribution < -0.4 is 5.43 Å². The van der Waals surface area contributed by atoms with Crippen molar-refractivity contribution in [3.63, 3.8) is 0 Å². The van der Waals surface area contributed by atoms with Crippen molar-refractivity contribution in [2.75, 3.05) is 0 Å². The fourth-order valence-corrected chi connectivity index (χ4v) is 2.24. The summed E-state index contributed by atoms with van der Waals surface area (Å²) in [6.45, 7) is 2.26. The predicted octanol–water partition coefficient (Wildman–Crippen LogP) is 3.07. The topological polar surface area (TPSA) is 57.2 Å². The highest BCUT2D eigenvalue weighted by molar-refractivity contribution is 9.10. The van der Waals surface area contributed by atoms with Crippen molar-refractivity contribution in [1.29, 1.82) is 0 Å². The Morgan fingerprint density at radius 3 is 2.82 bits per heavy atom. The molecule has 1 aliphatic rings. The molecule has 2 N–H and O–H groups in total. The van der Waals surface area contributed by atoms with Crippen molar-refractivity contribution in [3.8, 4) is 0 Å². The molecule has 92 valence electrons. The molecule has 0 aliphatic heterocycles. The number of halogens is 1. The Hall–Kier alpha value is -1.10. The highest BCUT2D eigenvalue weighted by Gasteiger charge is 2.14. The Balaban J connectivity index is 1.89. The maximum absolute atomic E-state index is 11.7. The summed E-state index contributed by atoms with van der Waals surface area (Å²) in [5.74, 6) is 0.589. The van der Waals surface area contributed by atoms with E-state index in [1.165, 1.54) is 12.8 Å². The van der Waals surface area contributed by atoms with Crippen LogP contribution in [-0.2, 0) is 0 Å². The van der Waals surface area contributed by atoms with Gasteiger partial charge >= 0.3 is 0 Å². The molecule has 17 heavy (non-hydrogen) atoms. The maximum Gasteiger partial charge on any atom is 0.287 e. The van der Waals surface area contributed by atoms with Crippen LogP contribution in [0, 0.1) is 5.92 Å². The summed E-state index contributed by atoms with van der Waals surface area (Å²) in [4.78, 5) is 14.6. The molecule has 1 amide bonds. The Morgan fingerprint density at radius 2 is 2.24 bits per heavy atom. The lowest BCUT2D eigenvalue weighted by Crippen LogP contribution is -2.22. The molecule has 0 radical (unpaired) electrons. The number of carbonyl (C=O) groups is 1. The minimum Gasteiger partial charge on any atom is -0.356 e. The first-order valence-electron chi connectivity index (χ1n) is 5.85. The van der Waals surface area contributed by atoms with E-state index in [9.17, 15) is 4.79 Å². The third-order valence-corrected chi connectivity index (χ3v) is 3.52. The summed E-state index contributed by atoms with van der Waals surface area (Å²) in [5, 5.41) is 4.19. The van der Waals surface area contributed by atoms with E-state index in [-0.39, 0.29) is 5.91 Å². The first-order valence-corrected chi connectivity index (χ1v) is 6.64. The van der Waals surface area contributed by atoms with Gasteiger partial charge in [0.2, 0.25) is 0 Å². The van der Waals surface area contributed by atoms with Gasteiger partial charge in [0.25, 0.3) is 5.91 Å². The van der Waals surface area contributed by atoms with Crippen LogP contribution in [0.25, 0.3) is 0 Å². The van der Waals surface area contributed by atoms with Gasteiger partial charge in [-0.05, 0) is 53.6 Å². The number of carbonyl (C=O) groups excluding carboxylic acids is 1. The van der Waals surface area contributed by atoms with Gasteiger partial charge < -0.3 is 4.98 Å². The predicted molar refractivity (Wildman–Crippen MR) is 71.0 cm³/mol. The molecule has 0 spiro atoms. The smallest absolute Gasteiger partial charge is 0.287 e. The van der Waals surface area contributed by atoms with Gasteiger partial charge in [-0.3, -0.25) is 4.79 Å². The Kier molecular flexibility index (Phi) is 3.99. The molecule has 0 saturated heterocycles. The summed E-state index contributed by atoms with van der Waals surface area (Å²) < 4.78 is 0.863. The molecule has 1 saturated carbocycles. The minimum atomic E-state index is -0.193. The van der Waals surface area contributed by atoms with Crippen molar-refractivity contribution in [2.24, 2.45) is 11.0 Å². The van der Waals surface area contributed by atoms with Crippen LogP contribution >= 0.6 is 15.9 Å². The lowest BCUT2D eigenvalue weighted by Gasteiger charge is -2.18. The summed E-state index contributed by atoms with van der Waals surface area (Å²) in [7, 11) is 0. The molecule has 1 heterocycles. The largest absolute Gasteiger partial charge is 0.356 e. The average Bonchev–Trinajstić information content (AvgIpc) is 2.75. The first-order chi connectivity index (χ1) is 8.15. The van der Waals surface area contributed by atoms with Gasteiger partial charge in [-0.2, -0.15) is 5.10 Å². The van der Waals surface area contributed by atoms with Gasteiger partial charge in [0, 0.05) is 16.4 Å². The van der Waals surface area contributed by atoms with Crippen LogP contribution in [0.1, 0.15) is 43.1 Å². The number of hydrogen-bond donors (Lipinski definition) is 2. The fraction of sp³-hybridized carbons (Fsp3) is 0.500. The number of hydrazone groups is 1. The van der Waals surface area contributed by atoms with Crippen molar-refractivity contribution in [1.82, 2.24) is 10.4 Å². The van der Waals surface area contributed by atoms with E-state index >= 15 is 0 Å². The second-order valence-electron chi connectivity index (χ2n) is 4.53. The molecule has 1 fully saturated rings. The normalized spacial score (nSPS) is 20.1. The zero-order chi connectivity index (χ0) is 12.3. The number of nitrogens with zero attached hydrogens (tertiary/aromatic N) is 1. The molecule has 0 unspecified atom stereocenters. The molecular formula is C12H16BrN3O. The summed E-state index contributed by atoms with van der Waals surface area (Å²) in [6, 6.07) is 1.73. The van der Waals surface area contributed by atoms with Gasteiger partial charge in [0.05, 0.1) is 0 Å². The summed E-state index contributed by atoms with van der Waals surface area (Å²) >= 11 is 3.29. The lowest BCUT2D eigenvalue weighted by atomic mass is 9.90. The summed E-state index contributed by atoms with van der Waals surface area (Å²) in [5.41, 5.74) is 4.21. The van der Waals surface area contributed by atoms with Crippen LogP contribution in [0.5, 0.6) is 0 Å². The van der Waals surface area contributed by atoms with Crippen LogP contribution in [0.3, 0.4) is 0 Å². The first kappa shape index (κ1) is 12.4. The van der Waals surface area contributed by atoms with Crippen molar-refractivity contribution in [2.45, 2.75) is 32.6 Å². The fourth-order valence-electron chi connectivity index (χ4n) is 1.90. The van der Waals surface area contributed by atoms with E-state index in [1.807, 2.05) is 0 Å². The highest BCUT2D eigenvalue weighted by Crippen LogP contribution is 2.21. The summed E-state index contributed by atoms with van der Waals surface area (Å²) in [6.07, 6.45) is 6.06. The molecule has 5 heteroatoms. The number of aromatic nitrogens is 1. The van der Waals surface area contributed by atoms with E-state index in [0.717, 1.165) is 28.9 Å². The molecule has 2 rings (SSSR count). The van der Waals surface area contributed by atoms with Gasteiger partial charge in [-0.15, -0.1) is 0 Å².